The van der Waals surface area contributed by atoms with Crippen LogP contribution in [-0.2, 0) is 4.79 Å². The van der Waals surface area contributed by atoms with E-state index in [0.717, 1.165) is 25.1 Å². The molecule has 1 amide bonds. The van der Waals surface area contributed by atoms with E-state index in [-0.39, 0.29) is 11.9 Å². The quantitative estimate of drug-likeness (QED) is 0.737. The number of carbonyl (C=O) groups is 1. The van der Waals surface area contributed by atoms with E-state index in [1.165, 1.54) is 11.8 Å². The lowest BCUT2D eigenvalue weighted by Gasteiger charge is -2.23. The Balaban J connectivity index is 1.52. The summed E-state index contributed by atoms with van der Waals surface area (Å²) in [5, 5.41) is 20.8. The van der Waals surface area contributed by atoms with Crippen molar-refractivity contribution in [2.24, 2.45) is 0 Å². The summed E-state index contributed by atoms with van der Waals surface area (Å²) in [5.41, 5.74) is 2.42. The van der Waals surface area contributed by atoms with Crippen LogP contribution in [0.4, 0.5) is 5.82 Å². The average Bonchev–Trinajstić information content (AvgIpc) is 3.43. The number of aromatic nitrogens is 2. The number of nitrogens with one attached hydrogen (secondary N) is 1. The van der Waals surface area contributed by atoms with Gasteiger partial charge in [-0.15, -0.1) is 0 Å². The van der Waals surface area contributed by atoms with Crippen molar-refractivity contribution in [3.05, 3.63) is 64.5 Å². The van der Waals surface area contributed by atoms with Crippen molar-refractivity contribution in [3.63, 3.8) is 0 Å². The highest BCUT2D eigenvalue weighted by molar-refractivity contribution is 7.07. The summed E-state index contributed by atoms with van der Waals surface area (Å²) in [6, 6.07) is 14.0. The van der Waals surface area contributed by atoms with Crippen molar-refractivity contribution in [1.82, 2.24) is 14.7 Å². The Bertz CT molecular complexity index is 958. The normalized spacial score (nSPS) is 16.9. The highest BCUT2D eigenvalue weighted by atomic mass is 32.1. The number of hydrogen-bond acceptors (Lipinski definition) is 5. The van der Waals surface area contributed by atoms with Gasteiger partial charge in [-0.05, 0) is 53.9 Å². The molecule has 1 saturated heterocycles. The standard InChI is InChI=1S/C20H19N5OS/c21-11-16-12-22-25(17-5-2-1-3-6-17)20(16)23-19(26)13-24-9-4-7-18(24)15-8-10-27-14-15/h1-3,5-6,8,10,12,14,18H,4,7,9,13H2,(H,23,26)/t18-/m0/s1. The predicted octanol–water partition coefficient (Wildman–Crippen LogP) is 3.58. The van der Waals surface area contributed by atoms with Gasteiger partial charge in [0.1, 0.15) is 11.6 Å². The Morgan fingerprint density at radius 2 is 2.19 bits per heavy atom. The Morgan fingerprint density at radius 1 is 1.33 bits per heavy atom. The maximum absolute atomic E-state index is 12.7. The predicted molar refractivity (Wildman–Crippen MR) is 105 cm³/mol. The molecule has 0 saturated carbocycles. The summed E-state index contributed by atoms with van der Waals surface area (Å²) in [4.78, 5) is 14.9. The minimum absolute atomic E-state index is 0.133. The van der Waals surface area contributed by atoms with E-state index in [1.54, 1.807) is 16.0 Å². The smallest absolute Gasteiger partial charge is 0.239 e. The first kappa shape index (κ1) is 17.5. The van der Waals surface area contributed by atoms with Crippen molar-refractivity contribution in [2.45, 2.75) is 18.9 Å². The van der Waals surface area contributed by atoms with Gasteiger partial charge in [0.2, 0.25) is 5.91 Å². The molecule has 0 spiro atoms. The maximum Gasteiger partial charge on any atom is 0.239 e. The van der Waals surface area contributed by atoms with E-state index in [0.29, 0.717) is 17.9 Å². The minimum atomic E-state index is -0.133. The van der Waals surface area contributed by atoms with Crippen molar-refractivity contribution >= 4 is 23.1 Å². The maximum atomic E-state index is 12.7. The van der Waals surface area contributed by atoms with Crippen LogP contribution in [0.2, 0.25) is 0 Å². The molecule has 3 aromatic rings. The molecule has 1 fully saturated rings. The number of para-hydroxylation sites is 1. The first-order valence-electron chi connectivity index (χ1n) is 8.86. The average molecular weight is 377 g/mol. The number of thiophene rings is 1. The largest absolute Gasteiger partial charge is 0.308 e. The molecule has 0 unspecified atom stereocenters. The Hall–Kier alpha value is -2.95. The van der Waals surface area contributed by atoms with Crippen molar-refractivity contribution in [1.29, 1.82) is 5.26 Å². The molecule has 3 heterocycles. The number of anilines is 1. The molecule has 6 nitrogen and oxygen atoms in total. The summed E-state index contributed by atoms with van der Waals surface area (Å²) in [7, 11) is 0. The monoisotopic (exact) mass is 377 g/mol. The zero-order valence-electron chi connectivity index (χ0n) is 14.7. The summed E-state index contributed by atoms with van der Waals surface area (Å²) in [5.74, 6) is 0.284. The number of likely N-dealkylation sites (tertiary alicyclic amines) is 1. The van der Waals surface area contributed by atoms with Gasteiger partial charge in [-0.2, -0.15) is 21.7 Å². The van der Waals surface area contributed by atoms with Crippen LogP contribution in [-0.4, -0.2) is 33.7 Å². The molecule has 1 aliphatic rings. The zero-order chi connectivity index (χ0) is 18.6. The van der Waals surface area contributed by atoms with Crippen molar-refractivity contribution in [2.75, 3.05) is 18.4 Å². The molecule has 2 aromatic heterocycles. The molecule has 1 N–H and O–H groups in total. The van der Waals surface area contributed by atoms with Gasteiger partial charge in [0, 0.05) is 6.04 Å². The Kier molecular flexibility index (Phi) is 5.01. The number of benzene rings is 1. The van der Waals surface area contributed by atoms with Gasteiger partial charge in [0.15, 0.2) is 5.82 Å². The van der Waals surface area contributed by atoms with Crippen LogP contribution < -0.4 is 5.32 Å². The van der Waals surface area contributed by atoms with Crippen LogP contribution in [0.25, 0.3) is 5.69 Å². The molecule has 1 aromatic carbocycles. The van der Waals surface area contributed by atoms with Crippen LogP contribution in [0.15, 0.2) is 53.4 Å². The lowest BCUT2D eigenvalue weighted by atomic mass is 10.1. The highest BCUT2D eigenvalue weighted by Crippen LogP contribution is 2.32. The molecule has 136 valence electrons. The third-order valence-corrected chi connectivity index (χ3v) is 5.49. The zero-order valence-corrected chi connectivity index (χ0v) is 15.5. The van der Waals surface area contributed by atoms with Crippen LogP contribution in [0.3, 0.4) is 0 Å². The van der Waals surface area contributed by atoms with Gasteiger partial charge >= 0.3 is 0 Å². The summed E-state index contributed by atoms with van der Waals surface area (Å²) in [6.45, 7) is 1.20. The molecule has 7 heteroatoms. The van der Waals surface area contributed by atoms with Gasteiger partial charge in [0.25, 0.3) is 0 Å². The fourth-order valence-corrected chi connectivity index (χ4v) is 4.24. The van der Waals surface area contributed by atoms with Gasteiger partial charge in [-0.1, -0.05) is 18.2 Å². The summed E-state index contributed by atoms with van der Waals surface area (Å²) < 4.78 is 1.59. The second-order valence-electron chi connectivity index (χ2n) is 6.50. The fourth-order valence-electron chi connectivity index (χ4n) is 3.53. The van der Waals surface area contributed by atoms with E-state index >= 15 is 0 Å². The fraction of sp³-hybridized carbons (Fsp3) is 0.250. The molecule has 4 rings (SSSR count). The van der Waals surface area contributed by atoms with Crippen molar-refractivity contribution < 1.29 is 4.79 Å². The van der Waals surface area contributed by atoms with Crippen LogP contribution in [0.1, 0.15) is 30.0 Å². The second-order valence-corrected chi connectivity index (χ2v) is 7.28. The van der Waals surface area contributed by atoms with Crippen molar-refractivity contribution in [3.8, 4) is 11.8 Å². The summed E-state index contributed by atoms with van der Waals surface area (Å²) in [6.07, 6.45) is 3.63. The van der Waals surface area contributed by atoms with Gasteiger partial charge in [-0.3, -0.25) is 9.69 Å². The van der Waals surface area contributed by atoms with E-state index in [9.17, 15) is 10.1 Å². The lowest BCUT2D eigenvalue weighted by molar-refractivity contribution is -0.117. The number of amides is 1. The van der Waals surface area contributed by atoms with E-state index in [1.807, 2.05) is 30.3 Å². The first-order chi connectivity index (χ1) is 13.3. The second kappa shape index (κ2) is 7.74. The lowest BCUT2D eigenvalue weighted by Crippen LogP contribution is -2.33. The molecule has 1 atom stereocenters. The molecule has 0 aliphatic carbocycles. The Morgan fingerprint density at radius 3 is 2.93 bits per heavy atom. The summed E-state index contributed by atoms with van der Waals surface area (Å²) >= 11 is 1.68. The number of nitrogens with zero attached hydrogens (tertiary/aromatic N) is 4. The van der Waals surface area contributed by atoms with Crippen LogP contribution in [0.5, 0.6) is 0 Å². The van der Waals surface area contributed by atoms with Gasteiger partial charge < -0.3 is 5.32 Å². The number of hydrogen-bond donors (Lipinski definition) is 1. The third kappa shape index (κ3) is 3.63. The van der Waals surface area contributed by atoms with Gasteiger partial charge in [-0.25, -0.2) is 4.68 Å². The van der Waals surface area contributed by atoms with Crippen LogP contribution in [0, 0.1) is 11.3 Å². The molecular formula is C20H19N5OS. The van der Waals surface area contributed by atoms with E-state index in [2.05, 4.69) is 38.2 Å². The Labute approximate surface area is 161 Å². The molecular weight excluding hydrogens is 358 g/mol. The third-order valence-electron chi connectivity index (χ3n) is 4.79. The first-order valence-corrected chi connectivity index (χ1v) is 9.80. The highest BCUT2D eigenvalue weighted by Gasteiger charge is 2.28. The molecule has 1 aliphatic heterocycles. The number of rotatable bonds is 5. The number of nitriles is 1. The van der Waals surface area contributed by atoms with E-state index in [4.69, 9.17) is 0 Å². The van der Waals surface area contributed by atoms with Gasteiger partial charge in [0.05, 0.1) is 18.4 Å². The molecule has 0 bridgehead atoms. The minimum Gasteiger partial charge on any atom is -0.308 e. The molecule has 0 radical (unpaired) electrons. The number of carbonyl (C=O) groups excluding carboxylic acids is 1. The van der Waals surface area contributed by atoms with Crippen LogP contribution >= 0.6 is 11.3 Å². The topological polar surface area (TPSA) is 74.0 Å². The molecule has 27 heavy (non-hydrogen) atoms. The van der Waals surface area contributed by atoms with E-state index < -0.39 is 0 Å². The SMILES string of the molecule is N#Cc1cnn(-c2ccccc2)c1NC(=O)CN1CCC[C@H]1c1ccsc1.